The maximum absolute atomic E-state index is 13.3. The van der Waals surface area contributed by atoms with Gasteiger partial charge in [-0.15, -0.1) is 0 Å². The molecule has 0 radical (unpaired) electrons. The predicted molar refractivity (Wildman–Crippen MR) is 64.3 cm³/mol. The lowest BCUT2D eigenvalue weighted by molar-refractivity contribution is 0.345. The quantitative estimate of drug-likeness (QED) is 0.839. The first-order valence-corrected chi connectivity index (χ1v) is 5.68. The Morgan fingerprint density at radius 1 is 1.59 bits per heavy atom. The molecular weight excluding hydrogens is 221 g/mol. The Hall–Kier alpha value is -1.78. The number of phenolic OH excluding ortho intramolecular Hbond substituents is 1. The third-order valence-corrected chi connectivity index (χ3v) is 2.92. The smallest absolute Gasteiger partial charge is 0.191 e. The molecule has 5 heteroatoms. The van der Waals surface area contributed by atoms with Gasteiger partial charge in [-0.1, -0.05) is 13.0 Å². The third kappa shape index (κ3) is 2.18. The van der Waals surface area contributed by atoms with Gasteiger partial charge in [-0.25, -0.2) is 4.39 Å². The van der Waals surface area contributed by atoms with Crippen LogP contribution < -0.4 is 5.73 Å². The molecule has 0 spiro atoms. The summed E-state index contributed by atoms with van der Waals surface area (Å²) in [5, 5.41) is 9.17. The zero-order valence-corrected chi connectivity index (χ0v) is 9.73. The molecule has 0 aromatic heterocycles. The number of aliphatic imine (C=N–C) groups is 1. The maximum Gasteiger partial charge on any atom is 0.191 e. The molecule has 1 heterocycles. The van der Waals surface area contributed by atoms with Gasteiger partial charge in [-0.2, -0.15) is 0 Å². The van der Waals surface area contributed by atoms with Crippen molar-refractivity contribution in [3.8, 4) is 5.75 Å². The Morgan fingerprint density at radius 2 is 2.35 bits per heavy atom. The van der Waals surface area contributed by atoms with Crippen molar-refractivity contribution in [2.45, 2.75) is 19.4 Å². The van der Waals surface area contributed by atoms with Gasteiger partial charge in [0.2, 0.25) is 0 Å². The zero-order chi connectivity index (χ0) is 12.4. The molecule has 92 valence electrons. The van der Waals surface area contributed by atoms with Crippen molar-refractivity contribution >= 4 is 5.96 Å². The second kappa shape index (κ2) is 4.61. The van der Waals surface area contributed by atoms with Crippen molar-refractivity contribution in [2.75, 3.05) is 13.1 Å². The van der Waals surface area contributed by atoms with E-state index in [-0.39, 0.29) is 11.8 Å². The molecule has 17 heavy (non-hydrogen) atoms. The zero-order valence-electron chi connectivity index (χ0n) is 9.73. The van der Waals surface area contributed by atoms with Crippen LogP contribution in [0.3, 0.4) is 0 Å². The van der Waals surface area contributed by atoms with E-state index in [1.165, 1.54) is 12.1 Å². The first kappa shape index (κ1) is 11.7. The van der Waals surface area contributed by atoms with Gasteiger partial charge in [0.25, 0.3) is 0 Å². The minimum Gasteiger partial charge on any atom is -0.505 e. The molecule has 1 aliphatic rings. The average Bonchev–Trinajstić information content (AvgIpc) is 2.66. The molecule has 0 bridgehead atoms. The molecule has 0 saturated heterocycles. The van der Waals surface area contributed by atoms with Gasteiger partial charge in [0.15, 0.2) is 17.5 Å². The van der Waals surface area contributed by atoms with Crippen molar-refractivity contribution < 1.29 is 9.50 Å². The molecule has 0 aliphatic carbocycles. The van der Waals surface area contributed by atoms with Gasteiger partial charge in [0.05, 0.1) is 12.6 Å². The number of hydrogen-bond donors (Lipinski definition) is 2. The number of rotatable bonds is 3. The first-order chi connectivity index (χ1) is 8.13. The highest BCUT2D eigenvalue weighted by molar-refractivity contribution is 5.80. The van der Waals surface area contributed by atoms with Gasteiger partial charge in [0.1, 0.15) is 0 Å². The monoisotopic (exact) mass is 237 g/mol. The summed E-state index contributed by atoms with van der Waals surface area (Å²) in [4.78, 5) is 6.15. The number of aromatic hydroxyl groups is 1. The predicted octanol–water partition coefficient (Wildman–Crippen LogP) is 1.61. The number of benzene rings is 1. The van der Waals surface area contributed by atoms with E-state index in [1.807, 2.05) is 4.90 Å². The van der Waals surface area contributed by atoms with Gasteiger partial charge in [-0.05, 0) is 24.1 Å². The van der Waals surface area contributed by atoms with Crippen LogP contribution in [0.25, 0.3) is 0 Å². The fourth-order valence-electron chi connectivity index (χ4n) is 2.06. The van der Waals surface area contributed by atoms with E-state index in [2.05, 4.69) is 11.9 Å². The van der Waals surface area contributed by atoms with Crippen molar-refractivity contribution in [2.24, 2.45) is 10.7 Å². The molecule has 1 aromatic carbocycles. The highest BCUT2D eigenvalue weighted by Crippen LogP contribution is 2.28. The first-order valence-electron chi connectivity index (χ1n) is 5.68. The molecule has 1 atom stereocenters. The maximum atomic E-state index is 13.3. The summed E-state index contributed by atoms with van der Waals surface area (Å²) in [6, 6.07) is 4.39. The van der Waals surface area contributed by atoms with Crippen molar-refractivity contribution in [3.05, 3.63) is 29.6 Å². The molecule has 1 aromatic rings. The lowest BCUT2D eigenvalue weighted by Crippen LogP contribution is -2.36. The van der Waals surface area contributed by atoms with E-state index in [4.69, 9.17) is 10.8 Å². The molecule has 3 N–H and O–H groups in total. The van der Waals surface area contributed by atoms with Crippen LogP contribution in [-0.2, 0) is 0 Å². The largest absolute Gasteiger partial charge is 0.505 e. The highest BCUT2D eigenvalue weighted by Gasteiger charge is 2.27. The number of nitrogens with two attached hydrogens (primary N) is 1. The standard InChI is InChI=1S/C12H16FN3O/c1-2-5-16-10(7-15-12(16)14)8-3-4-11(17)9(13)6-8/h3-4,6,10,17H,2,5,7H2,1H3,(H2,14,15). The number of guanidine groups is 1. The van der Waals surface area contributed by atoms with Crippen molar-refractivity contribution in [1.29, 1.82) is 0 Å². The number of nitrogens with zero attached hydrogens (tertiary/aromatic N) is 2. The second-order valence-electron chi connectivity index (χ2n) is 4.12. The summed E-state index contributed by atoms with van der Waals surface area (Å²) in [6.07, 6.45) is 0.952. The SMILES string of the molecule is CCCN1C(N)=NCC1c1ccc(O)c(F)c1. The summed E-state index contributed by atoms with van der Waals surface area (Å²) in [6.45, 7) is 3.39. The Bertz CT molecular complexity index is 447. The van der Waals surface area contributed by atoms with E-state index < -0.39 is 5.82 Å². The molecule has 4 nitrogen and oxygen atoms in total. The minimum absolute atomic E-state index is 0.0231. The third-order valence-electron chi connectivity index (χ3n) is 2.92. The summed E-state index contributed by atoms with van der Waals surface area (Å²) in [5.41, 5.74) is 6.58. The number of hydrogen-bond acceptors (Lipinski definition) is 4. The summed E-state index contributed by atoms with van der Waals surface area (Å²) >= 11 is 0. The second-order valence-corrected chi connectivity index (χ2v) is 4.12. The van der Waals surface area contributed by atoms with E-state index in [1.54, 1.807) is 6.07 Å². The summed E-state index contributed by atoms with van der Waals surface area (Å²) in [7, 11) is 0. The van der Waals surface area contributed by atoms with Crippen LogP contribution in [0.5, 0.6) is 5.75 Å². The van der Waals surface area contributed by atoms with E-state index in [0.29, 0.717) is 12.5 Å². The number of phenols is 1. The summed E-state index contributed by atoms with van der Waals surface area (Å²) < 4.78 is 13.3. The molecule has 1 unspecified atom stereocenters. The highest BCUT2D eigenvalue weighted by atomic mass is 19.1. The topological polar surface area (TPSA) is 61.8 Å². The average molecular weight is 237 g/mol. The van der Waals surface area contributed by atoms with Gasteiger partial charge in [0, 0.05) is 6.54 Å². The van der Waals surface area contributed by atoms with E-state index >= 15 is 0 Å². The molecular formula is C12H16FN3O. The minimum atomic E-state index is -0.607. The Morgan fingerprint density at radius 3 is 3.00 bits per heavy atom. The summed E-state index contributed by atoms with van der Waals surface area (Å²) in [5.74, 6) is -0.433. The molecule has 0 fully saturated rings. The van der Waals surface area contributed by atoms with Gasteiger partial charge in [-0.3, -0.25) is 4.99 Å². The normalized spacial score (nSPS) is 19.5. The van der Waals surface area contributed by atoms with Gasteiger partial charge < -0.3 is 15.7 Å². The van der Waals surface area contributed by atoms with Crippen LogP contribution in [0.1, 0.15) is 24.9 Å². The van der Waals surface area contributed by atoms with E-state index in [9.17, 15) is 4.39 Å². The van der Waals surface area contributed by atoms with Crippen molar-refractivity contribution in [1.82, 2.24) is 4.90 Å². The van der Waals surface area contributed by atoms with Crippen LogP contribution in [0, 0.1) is 5.82 Å². The Kier molecular flexibility index (Phi) is 3.17. The van der Waals surface area contributed by atoms with Crippen molar-refractivity contribution in [3.63, 3.8) is 0 Å². The van der Waals surface area contributed by atoms with Crippen LogP contribution in [0.2, 0.25) is 0 Å². The lowest BCUT2D eigenvalue weighted by atomic mass is 10.1. The molecule has 0 amide bonds. The molecule has 2 rings (SSSR count). The van der Waals surface area contributed by atoms with Crippen LogP contribution >= 0.6 is 0 Å². The molecule has 1 aliphatic heterocycles. The Labute approximate surface area is 99.6 Å². The van der Waals surface area contributed by atoms with Crippen LogP contribution in [0.15, 0.2) is 23.2 Å². The fraction of sp³-hybridized carbons (Fsp3) is 0.417. The van der Waals surface area contributed by atoms with Gasteiger partial charge >= 0.3 is 0 Å². The lowest BCUT2D eigenvalue weighted by Gasteiger charge is -2.26. The Balaban J connectivity index is 2.25. The van der Waals surface area contributed by atoms with Crippen LogP contribution in [0.4, 0.5) is 4.39 Å². The van der Waals surface area contributed by atoms with E-state index in [0.717, 1.165) is 18.5 Å². The fourth-order valence-corrected chi connectivity index (χ4v) is 2.06. The molecule has 0 saturated carbocycles. The van der Waals surface area contributed by atoms with Crippen LogP contribution in [-0.4, -0.2) is 29.1 Å². The number of halogens is 1.